The average molecular weight is 276 g/mol. The Balaban J connectivity index is 1.60. The average Bonchev–Trinajstić information content (AvgIpc) is 2.98. The molecule has 20 heavy (non-hydrogen) atoms. The fourth-order valence-corrected chi connectivity index (χ4v) is 3.32. The maximum Gasteiger partial charge on any atom is 0.115 e. The van der Waals surface area contributed by atoms with Crippen LogP contribution in [0, 0.1) is 0 Å². The van der Waals surface area contributed by atoms with Gasteiger partial charge in [0.25, 0.3) is 0 Å². The van der Waals surface area contributed by atoms with E-state index in [0.29, 0.717) is 17.8 Å². The van der Waals surface area contributed by atoms with Crippen LogP contribution in [0.5, 0.6) is 5.75 Å². The Bertz CT molecular complexity index is 429. The first-order valence-corrected chi connectivity index (χ1v) is 7.59. The van der Waals surface area contributed by atoms with Crippen LogP contribution in [0.4, 0.5) is 0 Å². The Labute approximate surface area is 120 Å². The van der Waals surface area contributed by atoms with Gasteiger partial charge < -0.3 is 9.84 Å². The minimum Gasteiger partial charge on any atom is -0.508 e. The molecule has 2 atom stereocenters. The molecule has 1 aromatic carbocycles. The number of phenols is 1. The second kappa shape index (κ2) is 6.12. The zero-order chi connectivity index (χ0) is 13.9. The molecule has 0 radical (unpaired) electrons. The van der Waals surface area contributed by atoms with Gasteiger partial charge in [-0.05, 0) is 31.0 Å². The number of likely N-dealkylation sites (tertiary alicyclic amines) is 1. The third kappa shape index (κ3) is 2.97. The van der Waals surface area contributed by atoms with E-state index in [9.17, 15) is 5.11 Å². The molecule has 2 unspecified atom stereocenters. The molecule has 0 saturated carbocycles. The van der Waals surface area contributed by atoms with Crippen molar-refractivity contribution in [1.82, 2.24) is 9.80 Å². The quantitative estimate of drug-likeness (QED) is 0.914. The molecule has 4 heteroatoms. The van der Waals surface area contributed by atoms with Gasteiger partial charge in [0.05, 0.1) is 13.2 Å². The topological polar surface area (TPSA) is 35.9 Å². The molecule has 0 bridgehead atoms. The molecule has 110 valence electrons. The molecule has 1 aromatic rings. The summed E-state index contributed by atoms with van der Waals surface area (Å²) in [5.41, 5.74) is 1.28. The van der Waals surface area contributed by atoms with E-state index in [1.807, 2.05) is 12.1 Å². The maximum absolute atomic E-state index is 9.38. The lowest BCUT2D eigenvalue weighted by Crippen LogP contribution is -2.44. The number of ether oxygens (including phenoxy) is 1. The molecule has 2 fully saturated rings. The highest BCUT2D eigenvalue weighted by molar-refractivity contribution is 5.27. The van der Waals surface area contributed by atoms with Crippen molar-refractivity contribution in [1.29, 1.82) is 0 Å². The zero-order valence-corrected chi connectivity index (χ0v) is 12.2. The van der Waals surface area contributed by atoms with Crippen LogP contribution >= 0.6 is 0 Å². The van der Waals surface area contributed by atoms with Gasteiger partial charge in [0.2, 0.25) is 0 Å². The first kappa shape index (κ1) is 13.9. The van der Waals surface area contributed by atoms with Crippen molar-refractivity contribution in [3.63, 3.8) is 0 Å². The van der Waals surface area contributed by atoms with Crippen LogP contribution in [0.1, 0.15) is 24.9 Å². The molecule has 0 aliphatic carbocycles. The Morgan fingerprint density at radius 3 is 2.55 bits per heavy atom. The van der Waals surface area contributed by atoms with Crippen LogP contribution in [-0.4, -0.2) is 60.3 Å². The molecule has 2 saturated heterocycles. The van der Waals surface area contributed by atoms with Crippen LogP contribution in [0.25, 0.3) is 0 Å². The van der Waals surface area contributed by atoms with Gasteiger partial charge in [0.1, 0.15) is 5.75 Å². The summed E-state index contributed by atoms with van der Waals surface area (Å²) >= 11 is 0. The number of morpholine rings is 1. The predicted molar refractivity (Wildman–Crippen MR) is 78.9 cm³/mol. The number of nitrogens with zero attached hydrogens (tertiary/aromatic N) is 2. The lowest BCUT2D eigenvalue weighted by Gasteiger charge is -2.33. The minimum atomic E-state index is 0.341. The highest BCUT2D eigenvalue weighted by Crippen LogP contribution is 2.27. The number of phenolic OH excluding ortho intramolecular Hbond substituents is 1. The molecule has 0 spiro atoms. The molecule has 2 heterocycles. The van der Waals surface area contributed by atoms with Crippen molar-refractivity contribution in [2.24, 2.45) is 0 Å². The lowest BCUT2D eigenvalue weighted by molar-refractivity contribution is 0.0177. The third-order valence-corrected chi connectivity index (χ3v) is 4.68. The molecule has 1 N–H and O–H groups in total. The molecular weight excluding hydrogens is 252 g/mol. The van der Waals surface area contributed by atoms with Gasteiger partial charge in [-0.2, -0.15) is 0 Å². The van der Waals surface area contributed by atoms with E-state index in [2.05, 4.69) is 16.7 Å². The minimum absolute atomic E-state index is 0.341. The molecule has 3 rings (SSSR count). The maximum atomic E-state index is 9.38. The van der Waals surface area contributed by atoms with Crippen molar-refractivity contribution >= 4 is 0 Å². The molecule has 2 aliphatic heterocycles. The van der Waals surface area contributed by atoms with E-state index < -0.39 is 0 Å². The number of rotatable bonds is 3. The smallest absolute Gasteiger partial charge is 0.115 e. The highest BCUT2D eigenvalue weighted by Gasteiger charge is 2.31. The van der Waals surface area contributed by atoms with Gasteiger partial charge in [-0.3, -0.25) is 9.80 Å². The number of benzene rings is 1. The Morgan fingerprint density at radius 2 is 1.85 bits per heavy atom. The standard InChI is InChI=1S/C16H24N2O2/c1-13(14-2-4-16(19)5-3-14)18-7-6-15(12-18)17-8-10-20-11-9-17/h2-5,13,15,19H,6-12H2,1H3. The van der Waals surface area contributed by atoms with Crippen molar-refractivity contribution in [3.8, 4) is 5.75 Å². The fraction of sp³-hybridized carbons (Fsp3) is 0.625. The monoisotopic (exact) mass is 276 g/mol. The van der Waals surface area contributed by atoms with Crippen LogP contribution in [-0.2, 0) is 4.74 Å². The van der Waals surface area contributed by atoms with E-state index in [1.165, 1.54) is 12.0 Å². The van der Waals surface area contributed by atoms with Crippen LogP contribution < -0.4 is 0 Å². The van der Waals surface area contributed by atoms with Crippen molar-refractivity contribution in [2.45, 2.75) is 25.4 Å². The van der Waals surface area contributed by atoms with E-state index in [1.54, 1.807) is 12.1 Å². The van der Waals surface area contributed by atoms with Gasteiger partial charge in [0.15, 0.2) is 0 Å². The largest absolute Gasteiger partial charge is 0.508 e. The van der Waals surface area contributed by atoms with E-state index in [4.69, 9.17) is 4.74 Å². The van der Waals surface area contributed by atoms with Crippen LogP contribution in [0.15, 0.2) is 24.3 Å². The lowest BCUT2D eigenvalue weighted by atomic mass is 10.1. The zero-order valence-electron chi connectivity index (χ0n) is 12.2. The molecular formula is C16H24N2O2. The van der Waals surface area contributed by atoms with Crippen molar-refractivity contribution in [2.75, 3.05) is 39.4 Å². The SMILES string of the molecule is CC(c1ccc(O)cc1)N1CCC(N2CCOCC2)C1. The predicted octanol–water partition coefficient (Wildman–Crippen LogP) is 1.86. The van der Waals surface area contributed by atoms with Gasteiger partial charge in [-0.1, -0.05) is 12.1 Å². The third-order valence-electron chi connectivity index (χ3n) is 4.68. The summed E-state index contributed by atoms with van der Waals surface area (Å²) in [7, 11) is 0. The fourth-order valence-electron chi connectivity index (χ4n) is 3.32. The number of aromatic hydroxyl groups is 1. The normalized spacial score (nSPS) is 26.8. The van der Waals surface area contributed by atoms with Crippen molar-refractivity contribution < 1.29 is 9.84 Å². The summed E-state index contributed by atoms with van der Waals surface area (Å²) in [5.74, 6) is 0.341. The van der Waals surface area contributed by atoms with Gasteiger partial charge in [0, 0.05) is 38.3 Å². The molecule has 0 aromatic heterocycles. The first-order chi connectivity index (χ1) is 9.74. The summed E-state index contributed by atoms with van der Waals surface area (Å²) in [4.78, 5) is 5.12. The van der Waals surface area contributed by atoms with Crippen molar-refractivity contribution in [3.05, 3.63) is 29.8 Å². The Kier molecular flexibility index (Phi) is 4.24. The summed E-state index contributed by atoms with van der Waals surface area (Å²) < 4.78 is 5.44. The van der Waals surface area contributed by atoms with E-state index >= 15 is 0 Å². The van der Waals surface area contributed by atoms with Gasteiger partial charge in [-0.15, -0.1) is 0 Å². The molecule has 0 amide bonds. The second-order valence-corrected chi connectivity index (χ2v) is 5.85. The summed E-state index contributed by atoms with van der Waals surface area (Å²) in [6.45, 7) is 8.46. The first-order valence-electron chi connectivity index (χ1n) is 7.59. The highest BCUT2D eigenvalue weighted by atomic mass is 16.5. The molecule has 2 aliphatic rings. The Morgan fingerprint density at radius 1 is 1.15 bits per heavy atom. The number of hydrogen-bond acceptors (Lipinski definition) is 4. The van der Waals surface area contributed by atoms with E-state index in [0.717, 1.165) is 39.4 Å². The molecule has 4 nitrogen and oxygen atoms in total. The van der Waals surface area contributed by atoms with E-state index in [-0.39, 0.29) is 0 Å². The Hall–Kier alpha value is -1.10. The summed E-state index contributed by atoms with van der Waals surface area (Å²) in [6.07, 6.45) is 1.25. The second-order valence-electron chi connectivity index (χ2n) is 5.85. The van der Waals surface area contributed by atoms with Gasteiger partial charge >= 0.3 is 0 Å². The van der Waals surface area contributed by atoms with Gasteiger partial charge in [-0.25, -0.2) is 0 Å². The van der Waals surface area contributed by atoms with Crippen LogP contribution in [0.2, 0.25) is 0 Å². The summed E-state index contributed by atoms with van der Waals surface area (Å²) in [5, 5.41) is 9.38. The number of hydrogen-bond donors (Lipinski definition) is 1. The van der Waals surface area contributed by atoms with Crippen LogP contribution in [0.3, 0.4) is 0 Å². The summed E-state index contributed by atoms with van der Waals surface area (Å²) in [6, 6.07) is 8.72.